The summed E-state index contributed by atoms with van der Waals surface area (Å²) in [5.74, 6) is 0. The van der Waals surface area contributed by atoms with Gasteiger partial charge >= 0.3 is 0 Å². The molecule has 1 aliphatic rings. The monoisotopic (exact) mass is 128 g/mol. The molecule has 0 bridgehead atoms. The molecule has 0 spiro atoms. The zero-order valence-corrected chi connectivity index (χ0v) is 6.28. The van der Waals surface area contributed by atoms with Crippen LogP contribution in [0.1, 0.15) is 20.3 Å². The van der Waals surface area contributed by atoms with Crippen LogP contribution in [0.25, 0.3) is 0 Å². The van der Waals surface area contributed by atoms with Crippen LogP contribution in [-0.4, -0.2) is 25.2 Å². The molecule has 1 aliphatic heterocycles. The smallest absolute Gasteiger partial charge is 0.0230 e. The van der Waals surface area contributed by atoms with Crippen LogP contribution in [0.15, 0.2) is 0 Å². The highest BCUT2D eigenvalue weighted by atomic mass is 15.1. The van der Waals surface area contributed by atoms with E-state index in [1.54, 1.807) is 0 Å². The van der Waals surface area contributed by atoms with Crippen LogP contribution in [0.4, 0.5) is 0 Å². The van der Waals surface area contributed by atoms with E-state index in [0.29, 0.717) is 6.04 Å². The lowest BCUT2D eigenvalue weighted by Crippen LogP contribution is -2.37. The maximum atomic E-state index is 3.43. The first-order valence-corrected chi connectivity index (χ1v) is 3.81. The Hall–Kier alpha value is -0.0800. The summed E-state index contributed by atoms with van der Waals surface area (Å²) < 4.78 is 0. The highest BCUT2D eigenvalue weighted by Crippen LogP contribution is 2.04. The summed E-state index contributed by atoms with van der Waals surface area (Å²) in [5.41, 5.74) is 0. The van der Waals surface area contributed by atoms with Crippen LogP contribution >= 0.6 is 0 Å². The fraction of sp³-hybridized carbons (Fsp3) is 1.00. The third kappa shape index (κ3) is 1.66. The summed E-state index contributed by atoms with van der Waals surface area (Å²) in [5, 5.41) is 6.82. The fourth-order valence-corrected chi connectivity index (χ4v) is 1.40. The van der Waals surface area contributed by atoms with Crippen molar-refractivity contribution in [2.45, 2.75) is 32.4 Å². The molecule has 1 rings (SSSR count). The predicted octanol–water partition coefficient (Wildman–Crippen LogP) is 0.346. The van der Waals surface area contributed by atoms with Gasteiger partial charge in [-0.1, -0.05) is 6.92 Å². The summed E-state index contributed by atoms with van der Waals surface area (Å²) in [6.45, 7) is 6.67. The molecule has 0 unspecified atom stereocenters. The average Bonchev–Trinajstić information content (AvgIpc) is 2.18. The van der Waals surface area contributed by atoms with Gasteiger partial charge in [0.1, 0.15) is 0 Å². The van der Waals surface area contributed by atoms with E-state index in [4.69, 9.17) is 0 Å². The van der Waals surface area contributed by atoms with Gasteiger partial charge in [0.15, 0.2) is 0 Å². The maximum absolute atomic E-state index is 3.43. The first kappa shape index (κ1) is 7.03. The molecule has 0 aliphatic carbocycles. The Bertz CT molecular complexity index is 83.0. The number of nitrogens with one attached hydrogen (secondary N) is 2. The van der Waals surface area contributed by atoms with E-state index in [0.717, 1.165) is 12.6 Å². The molecule has 0 aromatic rings. The van der Waals surface area contributed by atoms with E-state index in [2.05, 4.69) is 24.5 Å². The molecule has 1 fully saturated rings. The molecule has 1 heterocycles. The third-order valence-electron chi connectivity index (χ3n) is 1.99. The molecule has 1 saturated heterocycles. The van der Waals surface area contributed by atoms with Crippen molar-refractivity contribution in [1.29, 1.82) is 0 Å². The molecule has 0 aromatic carbocycles. The van der Waals surface area contributed by atoms with Crippen LogP contribution in [0.2, 0.25) is 0 Å². The van der Waals surface area contributed by atoms with Crippen LogP contribution in [0, 0.1) is 0 Å². The van der Waals surface area contributed by atoms with Gasteiger partial charge in [-0.25, -0.2) is 0 Å². The molecule has 2 N–H and O–H groups in total. The largest absolute Gasteiger partial charge is 0.313 e. The second kappa shape index (κ2) is 3.18. The van der Waals surface area contributed by atoms with Gasteiger partial charge in [-0.15, -0.1) is 0 Å². The Labute approximate surface area is 57.0 Å². The quantitative estimate of drug-likeness (QED) is 0.560. The molecule has 2 heteroatoms. The highest BCUT2D eigenvalue weighted by molar-refractivity contribution is 4.85. The molecule has 0 radical (unpaired) electrons. The molecule has 54 valence electrons. The van der Waals surface area contributed by atoms with Crippen LogP contribution in [0.3, 0.4) is 0 Å². The van der Waals surface area contributed by atoms with Gasteiger partial charge in [-0.3, -0.25) is 0 Å². The summed E-state index contributed by atoms with van der Waals surface area (Å²) in [4.78, 5) is 0. The van der Waals surface area contributed by atoms with E-state index >= 15 is 0 Å². The van der Waals surface area contributed by atoms with E-state index < -0.39 is 0 Å². The Kier molecular flexibility index (Phi) is 2.49. The standard InChI is InChI=1S/C7H16N2/c1-3-8-7-4-5-9-6(7)2/h6-9H,3-5H2,1-2H3/t6-,7-/m1/s1. The van der Waals surface area contributed by atoms with Crippen molar-refractivity contribution in [1.82, 2.24) is 10.6 Å². The molecule has 0 aromatic heterocycles. The second-order valence-corrected chi connectivity index (χ2v) is 2.70. The van der Waals surface area contributed by atoms with Crippen molar-refractivity contribution < 1.29 is 0 Å². The van der Waals surface area contributed by atoms with E-state index in [1.807, 2.05) is 0 Å². The lowest BCUT2D eigenvalue weighted by molar-refractivity contribution is 0.485. The van der Waals surface area contributed by atoms with Crippen molar-refractivity contribution in [3.63, 3.8) is 0 Å². The van der Waals surface area contributed by atoms with Gasteiger partial charge in [0.25, 0.3) is 0 Å². The average molecular weight is 128 g/mol. The Morgan fingerprint density at radius 1 is 1.67 bits per heavy atom. The molecule has 0 amide bonds. The summed E-state index contributed by atoms with van der Waals surface area (Å²) in [6, 6.07) is 1.39. The molecular formula is C7H16N2. The van der Waals surface area contributed by atoms with Crippen molar-refractivity contribution in [3.8, 4) is 0 Å². The third-order valence-corrected chi connectivity index (χ3v) is 1.99. The maximum Gasteiger partial charge on any atom is 0.0230 e. The molecule has 0 saturated carbocycles. The van der Waals surface area contributed by atoms with E-state index in [1.165, 1.54) is 13.0 Å². The molecule has 9 heavy (non-hydrogen) atoms. The Balaban J connectivity index is 2.22. The number of hydrogen-bond donors (Lipinski definition) is 2. The number of likely N-dealkylation sites (N-methyl/N-ethyl adjacent to an activating group) is 1. The Morgan fingerprint density at radius 2 is 2.44 bits per heavy atom. The molecular weight excluding hydrogens is 112 g/mol. The van der Waals surface area contributed by atoms with Crippen LogP contribution < -0.4 is 10.6 Å². The van der Waals surface area contributed by atoms with E-state index in [-0.39, 0.29) is 0 Å². The zero-order chi connectivity index (χ0) is 6.69. The van der Waals surface area contributed by atoms with E-state index in [9.17, 15) is 0 Å². The van der Waals surface area contributed by atoms with Crippen molar-refractivity contribution in [2.24, 2.45) is 0 Å². The predicted molar refractivity (Wildman–Crippen MR) is 39.5 cm³/mol. The highest BCUT2D eigenvalue weighted by Gasteiger charge is 2.20. The van der Waals surface area contributed by atoms with Crippen molar-refractivity contribution >= 4 is 0 Å². The van der Waals surface area contributed by atoms with Gasteiger partial charge in [0, 0.05) is 12.1 Å². The Morgan fingerprint density at radius 3 is 2.89 bits per heavy atom. The SMILES string of the molecule is CCN[C@@H]1CCN[C@@H]1C. The minimum absolute atomic E-state index is 0.671. The fourth-order valence-electron chi connectivity index (χ4n) is 1.40. The lowest BCUT2D eigenvalue weighted by Gasteiger charge is -2.14. The van der Waals surface area contributed by atoms with Gasteiger partial charge in [0.05, 0.1) is 0 Å². The van der Waals surface area contributed by atoms with Crippen LogP contribution in [0.5, 0.6) is 0 Å². The second-order valence-electron chi connectivity index (χ2n) is 2.70. The van der Waals surface area contributed by atoms with Gasteiger partial charge in [0.2, 0.25) is 0 Å². The topological polar surface area (TPSA) is 24.1 Å². The minimum atomic E-state index is 0.671. The first-order chi connectivity index (χ1) is 4.34. The molecule has 2 atom stereocenters. The zero-order valence-electron chi connectivity index (χ0n) is 6.28. The van der Waals surface area contributed by atoms with Crippen molar-refractivity contribution in [2.75, 3.05) is 13.1 Å². The summed E-state index contributed by atoms with van der Waals surface area (Å²) >= 11 is 0. The van der Waals surface area contributed by atoms with Gasteiger partial charge in [-0.05, 0) is 26.4 Å². The molecule has 2 nitrogen and oxygen atoms in total. The lowest BCUT2D eigenvalue weighted by atomic mass is 10.1. The first-order valence-electron chi connectivity index (χ1n) is 3.81. The van der Waals surface area contributed by atoms with Gasteiger partial charge in [-0.2, -0.15) is 0 Å². The minimum Gasteiger partial charge on any atom is -0.313 e. The normalized spacial score (nSPS) is 35.3. The summed E-state index contributed by atoms with van der Waals surface area (Å²) in [7, 11) is 0. The summed E-state index contributed by atoms with van der Waals surface area (Å²) in [6.07, 6.45) is 1.29. The van der Waals surface area contributed by atoms with Crippen molar-refractivity contribution in [3.05, 3.63) is 0 Å². The van der Waals surface area contributed by atoms with Gasteiger partial charge < -0.3 is 10.6 Å². The van der Waals surface area contributed by atoms with Crippen LogP contribution in [-0.2, 0) is 0 Å². The number of hydrogen-bond acceptors (Lipinski definition) is 2. The number of rotatable bonds is 2.